The Morgan fingerprint density at radius 2 is 0.773 bits per heavy atom. The van der Waals surface area contributed by atoms with Gasteiger partial charge in [-0.15, -0.1) is 0 Å². The largest absolute Gasteiger partial charge is 0.508 e. The first-order valence-electron chi connectivity index (χ1n) is 12.3. The average Bonchev–Trinajstić information content (AvgIpc) is 2.98. The Labute approximate surface area is 280 Å². The van der Waals surface area contributed by atoms with Crippen molar-refractivity contribution in [1.29, 1.82) is 0 Å². The van der Waals surface area contributed by atoms with Crippen molar-refractivity contribution in [3.05, 3.63) is 112 Å². The van der Waals surface area contributed by atoms with E-state index in [1.54, 1.807) is 36.7 Å². The van der Waals surface area contributed by atoms with Crippen molar-refractivity contribution in [3.63, 3.8) is 0 Å². The molecule has 0 unspecified atom stereocenters. The Bertz CT molecular complexity index is 2060. The Hall–Kier alpha value is -3.98. The third-order valence-electron chi connectivity index (χ3n) is 6.53. The lowest BCUT2D eigenvalue weighted by atomic mass is 10.1. The molecule has 2 aromatic heterocycles. The quantitative estimate of drug-likeness (QED) is 0.106. The molecule has 0 fully saturated rings. The number of nitrogens with zero attached hydrogens (tertiary/aromatic N) is 2. The van der Waals surface area contributed by atoms with Crippen molar-refractivity contribution in [1.82, 2.24) is 9.13 Å². The molecule has 0 radical (unpaired) electrons. The van der Waals surface area contributed by atoms with Crippen LogP contribution >= 0.6 is 63.7 Å². The van der Waals surface area contributed by atoms with Gasteiger partial charge in [-0.1, -0.05) is 0 Å². The number of fused-ring (bicyclic) bond motifs is 2. The predicted octanol–water partition coefficient (Wildman–Crippen LogP) is 7.27. The fourth-order valence-corrected chi connectivity index (χ4v) is 7.25. The van der Waals surface area contributed by atoms with Crippen LogP contribution in [0, 0.1) is 0 Å². The highest BCUT2D eigenvalue weighted by atomic mass is 79.9. The minimum absolute atomic E-state index is 0.0760. The fourth-order valence-electron chi connectivity index (χ4n) is 4.47. The highest BCUT2D eigenvalue weighted by molar-refractivity contribution is 9.11. The molecule has 0 aliphatic carbocycles. The van der Waals surface area contributed by atoms with Crippen LogP contribution in [0.1, 0.15) is 0 Å². The third kappa shape index (κ3) is 5.65. The maximum absolute atomic E-state index is 12.7. The molecule has 0 saturated carbocycles. The summed E-state index contributed by atoms with van der Waals surface area (Å²) in [5, 5.41) is 59.2. The van der Waals surface area contributed by atoms with Crippen LogP contribution in [-0.4, -0.2) is 39.8 Å². The second kappa shape index (κ2) is 12.2. The number of aromatic nitrogens is 2. The van der Waals surface area contributed by atoms with Gasteiger partial charge in [0.2, 0.25) is 0 Å². The molecule has 14 heteroatoms. The molecule has 6 N–H and O–H groups in total. The average molecular weight is 854 g/mol. The van der Waals surface area contributed by atoms with Gasteiger partial charge in [0.25, 0.3) is 11.1 Å². The summed E-state index contributed by atoms with van der Waals surface area (Å²) >= 11 is 13.1. The molecule has 4 aromatic carbocycles. The minimum Gasteiger partial charge on any atom is -0.508 e. The summed E-state index contributed by atoms with van der Waals surface area (Å²) in [4.78, 5) is 25.3. The number of aromatic hydroxyl groups is 6. The zero-order chi connectivity index (χ0) is 32.0. The molecule has 6 rings (SSSR count). The Kier molecular flexibility index (Phi) is 8.71. The van der Waals surface area contributed by atoms with Gasteiger partial charge in [0.15, 0.2) is 0 Å². The van der Waals surface area contributed by atoms with E-state index in [0.29, 0.717) is 40.0 Å². The molecule has 0 amide bonds. The summed E-state index contributed by atoms with van der Waals surface area (Å²) < 4.78 is 4.37. The lowest BCUT2D eigenvalue weighted by molar-refractivity contribution is 0.451. The van der Waals surface area contributed by atoms with Crippen LogP contribution < -0.4 is 11.1 Å². The number of benzene rings is 4. The van der Waals surface area contributed by atoms with Crippen LogP contribution in [-0.2, 0) is 0 Å². The zero-order valence-corrected chi connectivity index (χ0v) is 28.2. The summed E-state index contributed by atoms with van der Waals surface area (Å²) in [5.41, 5.74) is 0.187. The van der Waals surface area contributed by atoms with Crippen LogP contribution in [0.2, 0.25) is 0 Å². The van der Waals surface area contributed by atoms with E-state index in [-0.39, 0.29) is 45.3 Å². The molecule has 44 heavy (non-hydrogen) atoms. The molecule has 224 valence electrons. The molecule has 0 bridgehead atoms. The Morgan fingerprint density at radius 1 is 0.455 bits per heavy atom. The van der Waals surface area contributed by atoms with E-state index >= 15 is 0 Å². The van der Waals surface area contributed by atoms with Crippen molar-refractivity contribution in [3.8, 4) is 45.9 Å². The number of hydrogen-bond acceptors (Lipinski definition) is 8. The number of rotatable bonds is 2. The minimum atomic E-state index is -0.443. The standard InChI is InChI=1S/2C15H9Br2NO4/c2*16-9-6-18(7-1-3-8(19)4-2-7)15(22)13-10(20)5-11(21)14(17)12(9)13/h2*1-6,19-21H. The number of hydrogen-bond donors (Lipinski definition) is 6. The summed E-state index contributed by atoms with van der Waals surface area (Å²) in [6.07, 6.45) is 3.08. The maximum atomic E-state index is 12.7. The van der Waals surface area contributed by atoms with Crippen molar-refractivity contribution < 1.29 is 30.6 Å². The van der Waals surface area contributed by atoms with Crippen LogP contribution in [0.15, 0.2) is 101 Å². The van der Waals surface area contributed by atoms with Crippen molar-refractivity contribution >= 4 is 85.3 Å². The first kappa shape index (κ1) is 31.4. The van der Waals surface area contributed by atoms with Crippen LogP contribution in [0.5, 0.6) is 34.5 Å². The lowest BCUT2D eigenvalue weighted by Crippen LogP contribution is -2.18. The SMILES string of the molecule is O=c1c2c(O)cc(O)c(Br)c2c(Br)cn1-c1ccc(O)cc1.O=c1c2c(O)cc(O)c(Br)c2c(Br)cn1-c1ccc(O)cc1. The number of phenolic OH excluding ortho intramolecular Hbond substituents is 6. The van der Waals surface area contributed by atoms with E-state index in [2.05, 4.69) is 63.7 Å². The summed E-state index contributed by atoms with van der Waals surface area (Å²) in [5.74, 6) is -0.761. The maximum Gasteiger partial charge on any atom is 0.266 e. The summed E-state index contributed by atoms with van der Waals surface area (Å²) in [6, 6.07) is 14.4. The van der Waals surface area contributed by atoms with Gasteiger partial charge < -0.3 is 30.6 Å². The number of pyridine rings is 2. The Balaban J connectivity index is 0.000000175. The second-order valence-corrected chi connectivity index (χ2v) is 12.6. The smallest absolute Gasteiger partial charge is 0.266 e. The lowest BCUT2D eigenvalue weighted by Gasteiger charge is -2.12. The summed E-state index contributed by atoms with van der Waals surface area (Å²) in [7, 11) is 0. The van der Waals surface area contributed by atoms with Crippen molar-refractivity contribution in [2.45, 2.75) is 0 Å². The predicted molar refractivity (Wildman–Crippen MR) is 180 cm³/mol. The van der Waals surface area contributed by atoms with E-state index < -0.39 is 11.1 Å². The monoisotopic (exact) mass is 850 g/mol. The van der Waals surface area contributed by atoms with E-state index in [4.69, 9.17) is 0 Å². The molecule has 0 aliphatic rings. The highest BCUT2D eigenvalue weighted by Crippen LogP contribution is 2.41. The van der Waals surface area contributed by atoms with Gasteiger partial charge in [-0.3, -0.25) is 18.7 Å². The first-order valence-corrected chi connectivity index (χ1v) is 15.5. The van der Waals surface area contributed by atoms with E-state index in [1.165, 1.54) is 33.4 Å². The molecule has 10 nitrogen and oxygen atoms in total. The molecule has 0 atom stereocenters. The van der Waals surface area contributed by atoms with Crippen LogP contribution in [0.3, 0.4) is 0 Å². The second-order valence-electron chi connectivity index (χ2n) is 9.29. The van der Waals surface area contributed by atoms with Crippen LogP contribution in [0.25, 0.3) is 32.9 Å². The van der Waals surface area contributed by atoms with Gasteiger partial charge in [0, 0.05) is 55.6 Å². The van der Waals surface area contributed by atoms with Gasteiger partial charge in [-0.05, 0) is 112 Å². The van der Waals surface area contributed by atoms with Crippen molar-refractivity contribution in [2.24, 2.45) is 0 Å². The number of halogens is 4. The molecule has 0 aliphatic heterocycles. The molecular formula is C30H18Br4N2O8. The zero-order valence-electron chi connectivity index (χ0n) is 21.8. The van der Waals surface area contributed by atoms with Gasteiger partial charge in [-0.2, -0.15) is 0 Å². The van der Waals surface area contributed by atoms with Crippen LogP contribution in [0.4, 0.5) is 0 Å². The number of phenols is 6. The highest BCUT2D eigenvalue weighted by Gasteiger charge is 2.19. The van der Waals surface area contributed by atoms with E-state index in [0.717, 1.165) is 12.1 Å². The molecular weight excluding hydrogens is 836 g/mol. The van der Waals surface area contributed by atoms with E-state index in [9.17, 15) is 40.2 Å². The Morgan fingerprint density at radius 3 is 1.09 bits per heavy atom. The molecule has 0 spiro atoms. The fraction of sp³-hybridized carbons (Fsp3) is 0. The summed E-state index contributed by atoms with van der Waals surface area (Å²) in [6.45, 7) is 0. The molecule has 6 aromatic rings. The van der Waals surface area contributed by atoms with Gasteiger partial charge in [-0.25, -0.2) is 0 Å². The van der Waals surface area contributed by atoms with Gasteiger partial charge in [0.1, 0.15) is 34.5 Å². The topological polar surface area (TPSA) is 165 Å². The normalized spacial score (nSPS) is 11.0. The molecule has 0 saturated heterocycles. The van der Waals surface area contributed by atoms with Crippen molar-refractivity contribution in [2.75, 3.05) is 0 Å². The van der Waals surface area contributed by atoms with Gasteiger partial charge >= 0.3 is 0 Å². The van der Waals surface area contributed by atoms with E-state index in [1.807, 2.05) is 0 Å². The first-order chi connectivity index (χ1) is 20.8. The third-order valence-corrected chi connectivity index (χ3v) is 9.34. The van der Waals surface area contributed by atoms with Gasteiger partial charge in [0.05, 0.1) is 19.7 Å². The molecule has 2 heterocycles.